The Bertz CT molecular complexity index is 974. The highest BCUT2D eigenvalue weighted by molar-refractivity contribution is 5.69. The van der Waals surface area contributed by atoms with E-state index in [-0.39, 0.29) is 6.10 Å². The quantitative estimate of drug-likeness (QED) is 0.514. The molecule has 0 aliphatic carbocycles. The molecule has 1 aromatic carbocycles. The summed E-state index contributed by atoms with van der Waals surface area (Å²) in [6.45, 7) is 2.18. The van der Waals surface area contributed by atoms with Gasteiger partial charge in [0.1, 0.15) is 11.9 Å². The molecular formula is C22H26N6O2. The van der Waals surface area contributed by atoms with Gasteiger partial charge in [0.15, 0.2) is 0 Å². The molecule has 30 heavy (non-hydrogen) atoms. The van der Waals surface area contributed by atoms with Crippen molar-refractivity contribution in [3.8, 4) is 17.0 Å². The van der Waals surface area contributed by atoms with Gasteiger partial charge in [-0.1, -0.05) is 0 Å². The topological polar surface area (TPSA) is 107 Å². The van der Waals surface area contributed by atoms with E-state index < -0.39 is 0 Å². The number of rotatable bonds is 7. The van der Waals surface area contributed by atoms with Gasteiger partial charge in [-0.15, -0.1) is 0 Å². The Morgan fingerprint density at radius 2 is 2.00 bits per heavy atom. The van der Waals surface area contributed by atoms with Crippen LogP contribution in [-0.4, -0.2) is 41.3 Å². The summed E-state index contributed by atoms with van der Waals surface area (Å²) in [4.78, 5) is 13.3. The molecule has 0 radical (unpaired) electrons. The van der Waals surface area contributed by atoms with Gasteiger partial charge >= 0.3 is 0 Å². The number of pyridine rings is 1. The molecule has 4 N–H and O–H groups in total. The van der Waals surface area contributed by atoms with Gasteiger partial charge in [-0.3, -0.25) is 4.98 Å². The summed E-state index contributed by atoms with van der Waals surface area (Å²) in [5, 5.41) is 6.27. The van der Waals surface area contributed by atoms with Crippen LogP contribution in [0, 0.1) is 0 Å². The van der Waals surface area contributed by atoms with Crippen molar-refractivity contribution in [3.05, 3.63) is 54.5 Å². The maximum atomic E-state index is 6.25. The van der Waals surface area contributed by atoms with Gasteiger partial charge in [0.2, 0.25) is 5.95 Å². The lowest BCUT2D eigenvalue weighted by Gasteiger charge is -2.24. The van der Waals surface area contributed by atoms with E-state index in [9.17, 15) is 0 Å². The van der Waals surface area contributed by atoms with Crippen molar-refractivity contribution in [1.29, 1.82) is 0 Å². The zero-order valence-electron chi connectivity index (χ0n) is 17.0. The first-order valence-corrected chi connectivity index (χ1v) is 10.0. The molecule has 0 amide bonds. The number of benzene rings is 1. The minimum atomic E-state index is 0.148. The standard InChI is InChI=1S/C22H26N6O2/c1-24-13-16-3-4-17(14-26-16)27-22-25-9-6-20(28-22)15-2-5-21(19(23)12-15)30-18-7-10-29-11-8-18/h2-6,9,12,14,18,24H,7-8,10-11,13,23H2,1H3,(H,25,27,28). The third kappa shape index (κ3) is 5.03. The fourth-order valence-electron chi connectivity index (χ4n) is 3.28. The average Bonchev–Trinajstić information content (AvgIpc) is 2.78. The third-order valence-corrected chi connectivity index (χ3v) is 4.86. The molecule has 1 fully saturated rings. The highest BCUT2D eigenvalue weighted by Crippen LogP contribution is 2.30. The molecule has 1 aliphatic rings. The molecule has 1 aliphatic heterocycles. The van der Waals surface area contributed by atoms with E-state index in [4.69, 9.17) is 15.2 Å². The molecule has 0 unspecified atom stereocenters. The molecule has 3 aromatic rings. The second-order valence-corrected chi connectivity index (χ2v) is 7.14. The number of hydrogen-bond donors (Lipinski definition) is 3. The average molecular weight is 406 g/mol. The number of ether oxygens (including phenoxy) is 2. The number of nitrogens with one attached hydrogen (secondary N) is 2. The van der Waals surface area contributed by atoms with E-state index in [0.717, 1.165) is 55.2 Å². The van der Waals surface area contributed by atoms with Gasteiger partial charge in [-0.25, -0.2) is 9.97 Å². The van der Waals surface area contributed by atoms with Gasteiger partial charge in [0.25, 0.3) is 0 Å². The Morgan fingerprint density at radius 1 is 1.13 bits per heavy atom. The second-order valence-electron chi connectivity index (χ2n) is 7.14. The van der Waals surface area contributed by atoms with Crippen LogP contribution in [0.15, 0.2) is 48.8 Å². The van der Waals surface area contributed by atoms with Crippen LogP contribution in [-0.2, 0) is 11.3 Å². The molecule has 4 rings (SSSR count). The van der Waals surface area contributed by atoms with E-state index >= 15 is 0 Å². The first-order valence-electron chi connectivity index (χ1n) is 10.0. The lowest BCUT2D eigenvalue weighted by molar-refractivity contribution is 0.0259. The molecule has 3 heterocycles. The number of nitrogens with zero attached hydrogens (tertiary/aromatic N) is 3. The van der Waals surface area contributed by atoms with Crippen molar-refractivity contribution in [1.82, 2.24) is 20.3 Å². The Labute approximate surface area is 175 Å². The van der Waals surface area contributed by atoms with Crippen molar-refractivity contribution >= 4 is 17.3 Å². The molecule has 2 aromatic heterocycles. The van der Waals surface area contributed by atoms with Crippen LogP contribution in [0.4, 0.5) is 17.3 Å². The van der Waals surface area contributed by atoms with Crippen LogP contribution in [0.5, 0.6) is 5.75 Å². The van der Waals surface area contributed by atoms with E-state index in [1.54, 1.807) is 12.4 Å². The number of nitrogen functional groups attached to an aromatic ring is 1. The summed E-state index contributed by atoms with van der Waals surface area (Å²) < 4.78 is 11.4. The molecular weight excluding hydrogens is 380 g/mol. The SMILES string of the molecule is CNCc1ccc(Nc2nccc(-c3ccc(OC4CCOCC4)c(N)c3)n2)cn1. The molecule has 8 nitrogen and oxygen atoms in total. The van der Waals surface area contributed by atoms with Crippen molar-refractivity contribution in [2.45, 2.75) is 25.5 Å². The van der Waals surface area contributed by atoms with Crippen molar-refractivity contribution < 1.29 is 9.47 Å². The number of nitrogens with two attached hydrogens (primary N) is 1. The maximum absolute atomic E-state index is 6.25. The van der Waals surface area contributed by atoms with E-state index in [0.29, 0.717) is 17.4 Å². The lowest BCUT2D eigenvalue weighted by Crippen LogP contribution is -2.26. The summed E-state index contributed by atoms with van der Waals surface area (Å²) in [7, 11) is 1.89. The smallest absolute Gasteiger partial charge is 0.227 e. The van der Waals surface area contributed by atoms with E-state index in [1.165, 1.54) is 0 Å². The minimum absolute atomic E-state index is 0.148. The molecule has 8 heteroatoms. The monoisotopic (exact) mass is 406 g/mol. The Kier molecular flexibility index (Phi) is 6.36. The fraction of sp³-hybridized carbons (Fsp3) is 0.318. The first kappa shape index (κ1) is 20.1. The fourth-order valence-corrected chi connectivity index (χ4v) is 3.28. The number of anilines is 3. The van der Waals surface area contributed by atoms with Crippen molar-refractivity contribution in [3.63, 3.8) is 0 Å². The van der Waals surface area contributed by atoms with E-state index in [2.05, 4.69) is 25.6 Å². The largest absolute Gasteiger partial charge is 0.488 e. The molecule has 0 bridgehead atoms. The van der Waals surface area contributed by atoms with E-state index in [1.807, 2.05) is 43.4 Å². The zero-order valence-corrected chi connectivity index (χ0v) is 17.0. The van der Waals surface area contributed by atoms with Crippen LogP contribution >= 0.6 is 0 Å². The molecule has 0 saturated carbocycles. The summed E-state index contributed by atoms with van der Waals surface area (Å²) in [6.07, 6.45) is 5.40. The van der Waals surface area contributed by atoms with Gasteiger partial charge in [-0.05, 0) is 43.4 Å². The van der Waals surface area contributed by atoms with Crippen LogP contribution in [0.3, 0.4) is 0 Å². The maximum Gasteiger partial charge on any atom is 0.227 e. The van der Waals surface area contributed by atoms with Crippen LogP contribution in [0.1, 0.15) is 18.5 Å². The predicted molar refractivity (Wildman–Crippen MR) is 117 cm³/mol. The minimum Gasteiger partial charge on any atom is -0.488 e. The molecule has 156 valence electrons. The number of hydrogen-bond acceptors (Lipinski definition) is 8. The molecule has 1 saturated heterocycles. The summed E-state index contributed by atoms with van der Waals surface area (Å²) >= 11 is 0. The normalized spacial score (nSPS) is 14.4. The van der Waals surface area contributed by atoms with Crippen LogP contribution in [0.2, 0.25) is 0 Å². The summed E-state index contributed by atoms with van der Waals surface area (Å²) in [5.41, 5.74) is 10.3. The lowest BCUT2D eigenvalue weighted by atomic mass is 10.1. The molecule has 0 atom stereocenters. The van der Waals surface area contributed by atoms with Gasteiger partial charge < -0.3 is 25.8 Å². The Morgan fingerprint density at radius 3 is 2.73 bits per heavy atom. The van der Waals surface area contributed by atoms with Gasteiger partial charge in [0, 0.05) is 31.1 Å². The predicted octanol–water partition coefficient (Wildman–Crippen LogP) is 3.14. The van der Waals surface area contributed by atoms with Crippen LogP contribution < -0.4 is 21.1 Å². The first-order chi connectivity index (χ1) is 14.7. The Hall–Kier alpha value is -3.23. The third-order valence-electron chi connectivity index (χ3n) is 4.86. The summed E-state index contributed by atoms with van der Waals surface area (Å²) in [6, 6.07) is 11.5. The zero-order chi connectivity index (χ0) is 20.8. The summed E-state index contributed by atoms with van der Waals surface area (Å²) in [5.74, 6) is 1.20. The van der Waals surface area contributed by atoms with Gasteiger partial charge in [-0.2, -0.15) is 0 Å². The highest BCUT2D eigenvalue weighted by atomic mass is 16.5. The van der Waals surface area contributed by atoms with Crippen molar-refractivity contribution in [2.24, 2.45) is 0 Å². The number of aromatic nitrogens is 3. The van der Waals surface area contributed by atoms with Gasteiger partial charge in [0.05, 0.1) is 42.2 Å². The second kappa shape index (κ2) is 9.51. The highest BCUT2D eigenvalue weighted by Gasteiger charge is 2.17. The molecule has 0 spiro atoms. The van der Waals surface area contributed by atoms with Crippen LogP contribution in [0.25, 0.3) is 11.3 Å². The Balaban J connectivity index is 1.46. The van der Waals surface area contributed by atoms with Crippen molar-refractivity contribution in [2.75, 3.05) is 31.3 Å².